The van der Waals surface area contributed by atoms with Crippen LogP contribution in [0.5, 0.6) is 0 Å². The number of carbonyl (C=O) groups is 3. The van der Waals surface area contributed by atoms with Gasteiger partial charge in [-0.05, 0) is 70.0 Å². The molecule has 0 saturated carbocycles. The number of hydrogen-bond acceptors (Lipinski definition) is 4. The van der Waals surface area contributed by atoms with Crippen LogP contribution in [-0.4, -0.2) is 35.7 Å². The Morgan fingerprint density at radius 1 is 1.00 bits per heavy atom. The first-order chi connectivity index (χ1) is 15.8. The molecule has 8 heteroatoms. The number of hydrogen-bond donors (Lipinski definition) is 3. The highest BCUT2D eigenvalue weighted by Crippen LogP contribution is 2.44. The summed E-state index contributed by atoms with van der Waals surface area (Å²) in [6.07, 6.45) is -0.635. The van der Waals surface area contributed by atoms with Crippen molar-refractivity contribution in [2.45, 2.75) is 18.9 Å². The van der Waals surface area contributed by atoms with Crippen LogP contribution in [0.3, 0.4) is 0 Å². The van der Waals surface area contributed by atoms with E-state index in [1.165, 1.54) is 13.0 Å². The summed E-state index contributed by atoms with van der Waals surface area (Å²) in [6, 6.07) is 19.9. The molecule has 0 saturated heterocycles. The van der Waals surface area contributed by atoms with E-state index in [9.17, 15) is 14.4 Å². The van der Waals surface area contributed by atoms with E-state index in [2.05, 4.69) is 22.8 Å². The van der Waals surface area contributed by atoms with E-state index in [0.717, 1.165) is 22.3 Å². The predicted molar refractivity (Wildman–Crippen MR) is 132 cm³/mol. The Morgan fingerprint density at radius 3 is 2.21 bits per heavy atom. The van der Waals surface area contributed by atoms with Crippen LogP contribution in [0.15, 0.2) is 66.7 Å². The summed E-state index contributed by atoms with van der Waals surface area (Å²) in [7, 11) is 0. The average molecular weight is 556 g/mol. The second-order valence-electron chi connectivity index (χ2n) is 7.71. The molecule has 168 valence electrons. The highest BCUT2D eigenvalue weighted by atomic mass is 127. The molecule has 0 fully saturated rings. The normalized spacial score (nSPS) is 12.9. The number of carboxylic acids is 1. The SMILES string of the molecule is CC(NC(=O)c1cc(I)cc(NC(=O)OCC2c3ccccc3-c3ccccc32)c1)C(=O)O. The monoisotopic (exact) mass is 556 g/mol. The summed E-state index contributed by atoms with van der Waals surface area (Å²) in [5.41, 5.74) is 5.15. The van der Waals surface area contributed by atoms with E-state index < -0.39 is 24.0 Å². The number of amides is 2. The van der Waals surface area contributed by atoms with Crippen molar-refractivity contribution in [2.75, 3.05) is 11.9 Å². The van der Waals surface area contributed by atoms with Gasteiger partial charge in [0.05, 0.1) is 0 Å². The number of nitrogens with one attached hydrogen (secondary N) is 2. The molecule has 1 aliphatic carbocycles. The van der Waals surface area contributed by atoms with Crippen molar-refractivity contribution in [2.24, 2.45) is 0 Å². The van der Waals surface area contributed by atoms with Gasteiger partial charge < -0.3 is 15.2 Å². The van der Waals surface area contributed by atoms with Gasteiger partial charge in [0.1, 0.15) is 12.6 Å². The van der Waals surface area contributed by atoms with E-state index in [0.29, 0.717) is 9.26 Å². The Bertz CT molecular complexity index is 1200. The highest BCUT2D eigenvalue weighted by Gasteiger charge is 2.29. The number of halogens is 1. The van der Waals surface area contributed by atoms with Gasteiger partial charge in [-0.1, -0.05) is 48.5 Å². The third-order valence-electron chi connectivity index (χ3n) is 5.47. The van der Waals surface area contributed by atoms with Crippen molar-refractivity contribution in [3.05, 3.63) is 87.0 Å². The Hall–Kier alpha value is -3.40. The molecule has 0 bridgehead atoms. The maximum absolute atomic E-state index is 12.5. The molecule has 2 amide bonds. The molecule has 0 heterocycles. The molecule has 0 spiro atoms. The van der Waals surface area contributed by atoms with Crippen molar-refractivity contribution >= 4 is 46.2 Å². The van der Waals surface area contributed by atoms with Crippen LogP contribution >= 0.6 is 22.6 Å². The van der Waals surface area contributed by atoms with Crippen molar-refractivity contribution in [3.8, 4) is 11.1 Å². The first-order valence-corrected chi connectivity index (χ1v) is 11.4. The van der Waals surface area contributed by atoms with Crippen molar-refractivity contribution in [1.29, 1.82) is 0 Å². The van der Waals surface area contributed by atoms with Crippen LogP contribution < -0.4 is 10.6 Å². The quantitative estimate of drug-likeness (QED) is 0.377. The summed E-state index contributed by atoms with van der Waals surface area (Å²) in [5, 5.41) is 14.1. The fourth-order valence-corrected chi connectivity index (χ4v) is 4.56. The highest BCUT2D eigenvalue weighted by molar-refractivity contribution is 14.1. The molecule has 7 nitrogen and oxygen atoms in total. The van der Waals surface area contributed by atoms with E-state index >= 15 is 0 Å². The molecule has 1 atom stereocenters. The van der Waals surface area contributed by atoms with Crippen molar-refractivity contribution in [1.82, 2.24) is 5.32 Å². The van der Waals surface area contributed by atoms with Crippen LogP contribution in [0.25, 0.3) is 11.1 Å². The number of carbonyl (C=O) groups excluding carboxylic acids is 2. The molecule has 3 aromatic carbocycles. The van der Waals surface area contributed by atoms with Gasteiger partial charge in [0, 0.05) is 20.7 Å². The van der Waals surface area contributed by atoms with Crippen molar-refractivity contribution in [3.63, 3.8) is 0 Å². The van der Waals surface area contributed by atoms with Gasteiger partial charge in [0.2, 0.25) is 0 Å². The van der Waals surface area contributed by atoms with Gasteiger partial charge in [-0.3, -0.25) is 14.9 Å². The largest absolute Gasteiger partial charge is 0.480 e. The molecule has 0 radical (unpaired) electrons. The Morgan fingerprint density at radius 2 is 1.61 bits per heavy atom. The third kappa shape index (κ3) is 5.00. The molecule has 33 heavy (non-hydrogen) atoms. The van der Waals surface area contributed by atoms with Gasteiger partial charge in [0.15, 0.2) is 0 Å². The number of fused-ring (bicyclic) bond motifs is 3. The zero-order valence-electron chi connectivity index (χ0n) is 17.7. The lowest BCUT2D eigenvalue weighted by Crippen LogP contribution is -2.38. The van der Waals surface area contributed by atoms with E-state index in [4.69, 9.17) is 9.84 Å². The molecule has 3 aromatic rings. The summed E-state index contributed by atoms with van der Waals surface area (Å²) >= 11 is 2.02. The molecule has 1 unspecified atom stereocenters. The summed E-state index contributed by atoms with van der Waals surface area (Å²) in [4.78, 5) is 35.9. The maximum Gasteiger partial charge on any atom is 0.411 e. The molecule has 0 aromatic heterocycles. The number of aliphatic carboxylic acids is 1. The topological polar surface area (TPSA) is 105 Å². The number of benzene rings is 3. The minimum Gasteiger partial charge on any atom is -0.480 e. The van der Waals surface area contributed by atoms with Gasteiger partial charge in [-0.25, -0.2) is 4.79 Å². The fourth-order valence-electron chi connectivity index (χ4n) is 3.89. The zero-order chi connectivity index (χ0) is 23.5. The maximum atomic E-state index is 12.5. The Labute approximate surface area is 204 Å². The number of rotatable bonds is 6. The first-order valence-electron chi connectivity index (χ1n) is 10.3. The molecular formula is C25H21IN2O5. The van der Waals surface area contributed by atoms with E-state index in [1.54, 1.807) is 12.1 Å². The van der Waals surface area contributed by atoms with Gasteiger partial charge in [-0.2, -0.15) is 0 Å². The lowest BCUT2D eigenvalue weighted by atomic mass is 9.98. The van der Waals surface area contributed by atoms with Crippen LogP contribution in [0.1, 0.15) is 34.3 Å². The molecule has 1 aliphatic rings. The summed E-state index contributed by atoms with van der Waals surface area (Å²) in [6.45, 7) is 1.55. The standard InChI is InChI=1S/C25H21IN2O5/c1-14(24(30)31)27-23(29)15-10-16(26)12-17(11-15)28-25(32)33-13-22-20-8-4-2-6-18(20)19-7-3-5-9-21(19)22/h2-12,14,22H,13H2,1H3,(H,27,29)(H,28,32)(H,30,31). The van der Waals surface area contributed by atoms with Crippen molar-refractivity contribution < 1.29 is 24.2 Å². The smallest absolute Gasteiger partial charge is 0.411 e. The Balaban J connectivity index is 1.44. The lowest BCUT2D eigenvalue weighted by Gasteiger charge is -2.15. The second-order valence-corrected chi connectivity index (χ2v) is 8.96. The van der Waals surface area contributed by atoms with E-state index in [1.807, 2.05) is 59.0 Å². The van der Waals surface area contributed by atoms with Gasteiger partial charge in [0.25, 0.3) is 5.91 Å². The summed E-state index contributed by atoms with van der Waals surface area (Å²) < 4.78 is 6.25. The average Bonchev–Trinajstić information content (AvgIpc) is 3.11. The Kier molecular flexibility index (Phi) is 6.64. The van der Waals surface area contributed by atoms with Gasteiger partial charge in [-0.15, -0.1) is 0 Å². The number of ether oxygens (including phenoxy) is 1. The lowest BCUT2D eigenvalue weighted by molar-refractivity contribution is -0.138. The summed E-state index contributed by atoms with van der Waals surface area (Å²) in [5.74, 6) is -1.73. The minimum absolute atomic E-state index is 0.0575. The van der Waals surface area contributed by atoms with Gasteiger partial charge >= 0.3 is 12.1 Å². The van der Waals surface area contributed by atoms with Crippen LogP contribution in [0.2, 0.25) is 0 Å². The minimum atomic E-state index is -1.13. The fraction of sp³-hybridized carbons (Fsp3) is 0.160. The second kappa shape index (κ2) is 9.62. The predicted octanol–water partition coefficient (Wildman–Crippen LogP) is 4.86. The first kappa shape index (κ1) is 22.8. The van der Waals surface area contributed by atoms with Crippen LogP contribution in [0.4, 0.5) is 10.5 Å². The zero-order valence-corrected chi connectivity index (χ0v) is 19.8. The molecular weight excluding hydrogens is 535 g/mol. The van der Waals surface area contributed by atoms with E-state index in [-0.39, 0.29) is 18.1 Å². The third-order valence-corrected chi connectivity index (χ3v) is 6.09. The molecule has 3 N–H and O–H groups in total. The molecule has 0 aliphatic heterocycles. The molecule has 4 rings (SSSR count). The number of carboxylic acid groups (broad SMARTS) is 1. The van der Waals surface area contributed by atoms with Crippen LogP contribution in [0, 0.1) is 3.57 Å². The number of anilines is 1. The van der Waals surface area contributed by atoms with Crippen LogP contribution in [-0.2, 0) is 9.53 Å².